The van der Waals surface area contributed by atoms with E-state index in [1.54, 1.807) is 38.6 Å². The Bertz CT molecular complexity index is 971. The molecule has 0 aliphatic rings. The lowest BCUT2D eigenvalue weighted by Crippen LogP contribution is -2.22. The first-order valence-electron chi connectivity index (χ1n) is 8.82. The van der Waals surface area contributed by atoms with Crippen molar-refractivity contribution in [3.63, 3.8) is 0 Å². The zero-order valence-corrected chi connectivity index (χ0v) is 17.1. The zero-order valence-electron chi connectivity index (χ0n) is 16.3. The molecule has 1 amide bonds. The Morgan fingerprint density at radius 2 is 1.89 bits per heavy atom. The van der Waals surface area contributed by atoms with Crippen LogP contribution in [0.15, 0.2) is 60.0 Å². The molecule has 6 nitrogen and oxygen atoms in total. The number of methoxy groups -OCH3 is 2. The summed E-state index contributed by atoms with van der Waals surface area (Å²) < 4.78 is 12.5. The third-order valence-electron chi connectivity index (χ3n) is 4.28. The van der Waals surface area contributed by atoms with Crippen molar-refractivity contribution in [3.8, 4) is 17.2 Å². The predicted octanol–water partition coefficient (Wildman–Crippen LogP) is 4.32. The van der Waals surface area contributed by atoms with Gasteiger partial charge in [0.25, 0.3) is 0 Å². The van der Waals surface area contributed by atoms with E-state index in [4.69, 9.17) is 9.47 Å². The summed E-state index contributed by atoms with van der Waals surface area (Å²) in [5.74, 6) is 1.07. The van der Waals surface area contributed by atoms with Gasteiger partial charge in [0.1, 0.15) is 0 Å². The molecule has 28 heavy (non-hydrogen) atoms. The van der Waals surface area contributed by atoms with E-state index in [0.29, 0.717) is 17.2 Å². The number of benzene rings is 2. The first-order valence-corrected chi connectivity index (χ1v) is 9.70. The molecule has 1 atom stereocenters. The average Bonchev–Trinajstić information content (AvgIpc) is 3.15. The molecular formula is C21H23N3O3S. The number of nitrogens with zero attached hydrogens (tertiary/aromatic N) is 2. The number of hydrogen-bond acceptors (Lipinski definition) is 5. The third-order valence-corrected chi connectivity index (χ3v) is 5.36. The Morgan fingerprint density at radius 1 is 1.14 bits per heavy atom. The molecule has 0 saturated carbocycles. The van der Waals surface area contributed by atoms with E-state index < -0.39 is 0 Å². The van der Waals surface area contributed by atoms with E-state index in [-0.39, 0.29) is 11.2 Å². The van der Waals surface area contributed by atoms with Crippen molar-refractivity contribution in [1.29, 1.82) is 0 Å². The number of ether oxygens (including phenoxy) is 2. The third kappa shape index (κ3) is 4.31. The van der Waals surface area contributed by atoms with E-state index in [1.165, 1.54) is 11.8 Å². The van der Waals surface area contributed by atoms with Gasteiger partial charge in [0.15, 0.2) is 16.7 Å². The number of carbonyl (C=O) groups is 1. The van der Waals surface area contributed by atoms with Gasteiger partial charge < -0.3 is 14.8 Å². The van der Waals surface area contributed by atoms with Gasteiger partial charge >= 0.3 is 0 Å². The van der Waals surface area contributed by atoms with E-state index >= 15 is 0 Å². The molecule has 0 radical (unpaired) electrons. The van der Waals surface area contributed by atoms with E-state index in [0.717, 1.165) is 16.4 Å². The molecule has 146 valence electrons. The fourth-order valence-electron chi connectivity index (χ4n) is 2.76. The first kappa shape index (κ1) is 19.8. The largest absolute Gasteiger partial charge is 0.493 e. The molecular weight excluding hydrogens is 374 g/mol. The zero-order chi connectivity index (χ0) is 20.1. The number of anilines is 1. The maximum atomic E-state index is 12.7. The highest BCUT2D eigenvalue weighted by atomic mass is 32.2. The topological polar surface area (TPSA) is 65.4 Å². The monoisotopic (exact) mass is 397 g/mol. The number of carbonyl (C=O) groups excluding carboxylic acids is 1. The lowest BCUT2D eigenvalue weighted by Gasteiger charge is -2.15. The van der Waals surface area contributed by atoms with Crippen LogP contribution in [-0.4, -0.2) is 34.9 Å². The minimum atomic E-state index is -0.335. The van der Waals surface area contributed by atoms with Crippen LogP contribution in [0.2, 0.25) is 0 Å². The molecule has 1 aromatic heterocycles. The second-order valence-corrected chi connectivity index (χ2v) is 7.49. The van der Waals surface area contributed by atoms with E-state index in [1.807, 2.05) is 35.9 Å². The highest BCUT2D eigenvalue weighted by molar-refractivity contribution is 8.00. The van der Waals surface area contributed by atoms with Gasteiger partial charge in [-0.1, -0.05) is 30.0 Å². The Morgan fingerprint density at radius 3 is 2.61 bits per heavy atom. The van der Waals surface area contributed by atoms with Gasteiger partial charge in [-0.3, -0.25) is 9.36 Å². The van der Waals surface area contributed by atoms with Gasteiger partial charge in [-0.05, 0) is 37.6 Å². The van der Waals surface area contributed by atoms with Crippen LogP contribution >= 0.6 is 11.8 Å². The molecule has 0 bridgehead atoms. The molecule has 3 aromatic rings. The fraction of sp³-hybridized carbons (Fsp3) is 0.238. The maximum Gasteiger partial charge on any atom is 0.237 e. The summed E-state index contributed by atoms with van der Waals surface area (Å²) in [5, 5.41) is 3.35. The molecule has 0 spiro atoms. The highest BCUT2D eigenvalue weighted by Crippen LogP contribution is 2.31. The summed E-state index contributed by atoms with van der Waals surface area (Å²) in [5.41, 5.74) is 2.84. The van der Waals surface area contributed by atoms with Crippen LogP contribution in [0, 0.1) is 6.92 Å². The van der Waals surface area contributed by atoms with Crippen LogP contribution in [0.1, 0.15) is 12.5 Å². The standard InChI is InChI=1S/C21H23N3O3S/c1-14-7-5-6-8-17(14)24-12-11-22-21(24)28-15(2)20(25)23-16-9-10-18(26-3)19(13-16)27-4/h5-13,15H,1-4H3,(H,23,25). The fourth-order valence-corrected chi connectivity index (χ4v) is 3.64. The summed E-state index contributed by atoms with van der Waals surface area (Å²) in [4.78, 5) is 17.1. The molecule has 0 aliphatic heterocycles. The molecule has 2 aromatic carbocycles. The van der Waals surface area contributed by atoms with Crippen molar-refractivity contribution in [2.24, 2.45) is 0 Å². The Hall–Kier alpha value is -2.93. The number of nitrogens with one attached hydrogen (secondary N) is 1. The molecule has 7 heteroatoms. The first-order chi connectivity index (χ1) is 13.5. The summed E-state index contributed by atoms with van der Waals surface area (Å²) in [7, 11) is 3.14. The number of imidazole rings is 1. The minimum Gasteiger partial charge on any atom is -0.493 e. The quantitative estimate of drug-likeness (QED) is 0.602. The molecule has 0 aliphatic carbocycles. The van der Waals surface area contributed by atoms with Crippen LogP contribution in [0.3, 0.4) is 0 Å². The molecule has 1 unspecified atom stereocenters. The SMILES string of the molecule is COc1ccc(NC(=O)C(C)Sc2nccn2-c2ccccc2C)cc1OC. The van der Waals surface area contributed by atoms with Crippen molar-refractivity contribution < 1.29 is 14.3 Å². The lowest BCUT2D eigenvalue weighted by molar-refractivity contribution is -0.115. The lowest BCUT2D eigenvalue weighted by atomic mass is 10.2. The van der Waals surface area contributed by atoms with Crippen LogP contribution in [0.25, 0.3) is 5.69 Å². The Balaban J connectivity index is 1.72. The number of rotatable bonds is 7. The van der Waals surface area contributed by atoms with Crippen molar-refractivity contribution in [3.05, 3.63) is 60.4 Å². The minimum absolute atomic E-state index is 0.114. The molecule has 0 saturated heterocycles. The van der Waals surface area contributed by atoms with Crippen LogP contribution in [0.4, 0.5) is 5.69 Å². The Labute approximate surface area is 168 Å². The summed E-state index contributed by atoms with van der Waals surface area (Å²) in [6.07, 6.45) is 3.65. The van der Waals surface area contributed by atoms with Crippen molar-refractivity contribution in [2.75, 3.05) is 19.5 Å². The van der Waals surface area contributed by atoms with Crippen LogP contribution in [-0.2, 0) is 4.79 Å². The average molecular weight is 398 g/mol. The van der Waals surface area contributed by atoms with Gasteiger partial charge in [-0.2, -0.15) is 0 Å². The molecule has 1 N–H and O–H groups in total. The predicted molar refractivity (Wildman–Crippen MR) is 112 cm³/mol. The number of thioether (sulfide) groups is 1. The van der Waals surface area contributed by atoms with Crippen LogP contribution in [0.5, 0.6) is 11.5 Å². The van der Waals surface area contributed by atoms with Gasteiger partial charge in [-0.25, -0.2) is 4.98 Å². The summed E-state index contributed by atoms with van der Waals surface area (Å²) in [6, 6.07) is 13.4. The number of amides is 1. The Kier molecular flexibility index (Phi) is 6.26. The molecule has 1 heterocycles. The number of hydrogen-bond donors (Lipinski definition) is 1. The van der Waals surface area contributed by atoms with Gasteiger partial charge in [0.05, 0.1) is 25.2 Å². The maximum absolute atomic E-state index is 12.7. The number of para-hydroxylation sites is 1. The van der Waals surface area contributed by atoms with Crippen LogP contribution < -0.4 is 14.8 Å². The van der Waals surface area contributed by atoms with E-state index in [2.05, 4.69) is 23.3 Å². The van der Waals surface area contributed by atoms with Crippen molar-refractivity contribution >= 4 is 23.4 Å². The number of aromatic nitrogens is 2. The molecule has 3 rings (SSSR count). The normalized spacial score (nSPS) is 11.7. The van der Waals surface area contributed by atoms with Crippen molar-refractivity contribution in [1.82, 2.24) is 9.55 Å². The molecule has 0 fully saturated rings. The van der Waals surface area contributed by atoms with Gasteiger partial charge in [0.2, 0.25) is 5.91 Å². The highest BCUT2D eigenvalue weighted by Gasteiger charge is 2.19. The smallest absolute Gasteiger partial charge is 0.237 e. The van der Waals surface area contributed by atoms with E-state index in [9.17, 15) is 4.79 Å². The van der Waals surface area contributed by atoms with Crippen molar-refractivity contribution in [2.45, 2.75) is 24.3 Å². The second kappa shape index (κ2) is 8.84. The van der Waals surface area contributed by atoms with Gasteiger partial charge in [0, 0.05) is 24.1 Å². The van der Waals surface area contributed by atoms with Gasteiger partial charge in [-0.15, -0.1) is 0 Å². The summed E-state index contributed by atoms with van der Waals surface area (Å²) in [6.45, 7) is 3.91. The number of aryl methyl sites for hydroxylation is 1. The summed E-state index contributed by atoms with van der Waals surface area (Å²) >= 11 is 1.41. The second-order valence-electron chi connectivity index (χ2n) is 6.19.